The van der Waals surface area contributed by atoms with Crippen LogP contribution in [0.1, 0.15) is 96.9 Å². The number of methoxy groups -OCH3 is 2. The van der Waals surface area contributed by atoms with Crippen molar-refractivity contribution in [1.82, 2.24) is 29.9 Å². The summed E-state index contributed by atoms with van der Waals surface area (Å²) in [6, 6.07) is 47.9. The van der Waals surface area contributed by atoms with Crippen LogP contribution in [0.4, 0.5) is 17.5 Å². The zero-order valence-electron chi connectivity index (χ0n) is 79.6. The Morgan fingerprint density at radius 3 is 1.18 bits per heavy atom. The number of aryl methyl sites for hydroxylation is 3. The number of aliphatic hydroxyl groups is 4. The third kappa shape index (κ3) is 37.3. The maximum absolute atomic E-state index is 12.0. The first-order chi connectivity index (χ1) is 64.2. The van der Waals surface area contributed by atoms with Crippen molar-refractivity contribution in [2.45, 2.75) is 138 Å². The van der Waals surface area contributed by atoms with Gasteiger partial charge in [0.15, 0.2) is 19.9 Å². The van der Waals surface area contributed by atoms with Crippen molar-refractivity contribution >= 4 is 157 Å². The molecule has 0 aliphatic carbocycles. The van der Waals surface area contributed by atoms with E-state index in [1.54, 1.807) is 123 Å². The van der Waals surface area contributed by atoms with E-state index in [4.69, 9.17) is 62.3 Å². The van der Waals surface area contributed by atoms with Crippen molar-refractivity contribution in [2.24, 2.45) is 0 Å². The number of pyridine rings is 3. The number of nitrogens with zero attached hydrogens (tertiary/aromatic N) is 8. The summed E-state index contributed by atoms with van der Waals surface area (Å²) in [6.07, 6.45) is 26.6. The van der Waals surface area contributed by atoms with Crippen molar-refractivity contribution in [3.05, 3.63) is 267 Å². The van der Waals surface area contributed by atoms with Crippen molar-refractivity contribution in [3.8, 4) is 17.2 Å². The van der Waals surface area contributed by atoms with Gasteiger partial charge in [-0.2, -0.15) is 25.3 Å². The summed E-state index contributed by atoms with van der Waals surface area (Å²) < 4.78 is 126. The maximum Gasteiger partial charge on any atom is 0.297 e. The van der Waals surface area contributed by atoms with Gasteiger partial charge in [-0.3, -0.25) is 12.5 Å². The van der Waals surface area contributed by atoms with Crippen molar-refractivity contribution in [3.63, 3.8) is 0 Å². The number of phenolic OH excluding ortho intramolecular Hbond substituents is 1. The summed E-state index contributed by atoms with van der Waals surface area (Å²) in [7, 11) is -2.18. The van der Waals surface area contributed by atoms with Crippen LogP contribution in [0.25, 0.3) is 67.1 Å². The zero-order chi connectivity index (χ0) is 99.6. The number of nitrogens with two attached hydrogens (primary N) is 1. The predicted molar refractivity (Wildman–Crippen MR) is 546 cm³/mol. The van der Waals surface area contributed by atoms with Crippen LogP contribution in [0.5, 0.6) is 17.2 Å². The topological polar surface area (TPSA) is 406 Å². The fourth-order valence-electron chi connectivity index (χ4n) is 11.3. The number of aliphatic hydroxyl groups excluding tert-OH is 4. The van der Waals surface area contributed by atoms with Gasteiger partial charge in [0.05, 0.1) is 112 Å². The lowest BCUT2D eigenvalue weighted by molar-refractivity contribution is -0.142. The van der Waals surface area contributed by atoms with Crippen molar-refractivity contribution in [2.75, 3.05) is 111 Å². The van der Waals surface area contributed by atoms with Crippen LogP contribution in [0.2, 0.25) is 18.1 Å². The lowest BCUT2D eigenvalue weighted by Gasteiger charge is -2.36. The van der Waals surface area contributed by atoms with E-state index < -0.39 is 75.7 Å². The molecule has 14 rings (SSSR count). The van der Waals surface area contributed by atoms with Gasteiger partial charge in [-0.25, -0.2) is 29.9 Å². The summed E-state index contributed by atoms with van der Waals surface area (Å²) in [6.45, 7) is 22.9. The van der Waals surface area contributed by atoms with Gasteiger partial charge in [-0.1, -0.05) is 129 Å². The molecule has 0 amide bonds. The number of ether oxygens (including phenoxy) is 6. The number of phenols is 1. The van der Waals surface area contributed by atoms with Gasteiger partial charge >= 0.3 is 0 Å². The molecule has 730 valence electrons. The molecular weight excluding hydrogens is 1870 g/mol. The van der Waals surface area contributed by atoms with Gasteiger partial charge in [0.1, 0.15) is 74.1 Å². The highest BCUT2D eigenvalue weighted by atomic mass is 32.2. The van der Waals surface area contributed by atoms with Gasteiger partial charge < -0.3 is 73.9 Å². The Labute approximate surface area is 810 Å². The number of thiazole rings is 3. The lowest BCUT2D eigenvalue weighted by atomic mass is 10.2. The van der Waals surface area contributed by atoms with E-state index in [0.717, 1.165) is 102 Å². The molecule has 30 nitrogen and oxygen atoms in total. The molecule has 6 aromatic heterocycles. The molecule has 8 heterocycles. The molecule has 37 heteroatoms. The normalized spacial score (nSPS) is 15.4. The van der Waals surface area contributed by atoms with Crippen LogP contribution in [0, 0.1) is 20.8 Å². The van der Waals surface area contributed by atoms with Crippen molar-refractivity contribution in [1.29, 1.82) is 0 Å². The largest absolute Gasteiger partial charge is 0.508 e. The number of anilines is 3. The predicted octanol–water partition coefficient (Wildman–Crippen LogP) is 17.8. The van der Waals surface area contributed by atoms with Gasteiger partial charge in [0, 0.05) is 46.8 Å². The molecule has 6 aromatic carbocycles. The highest BCUT2D eigenvalue weighted by Gasteiger charge is 2.38. The number of benzene rings is 6. The fraction of sp³-hybridized carbons (Fsp3) is 0.333. The minimum atomic E-state index is -3.86. The molecule has 2 saturated heterocycles. The molecule has 4 unspecified atom stereocenters. The molecule has 136 heavy (non-hydrogen) atoms. The highest BCUT2D eigenvalue weighted by molar-refractivity contribution is 7.87. The van der Waals surface area contributed by atoms with Crippen LogP contribution in [0.15, 0.2) is 234 Å². The van der Waals surface area contributed by atoms with Crippen molar-refractivity contribution < 1.29 is 96.2 Å². The molecule has 4 atom stereocenters. The van der Waals surface area contributed by atoms with Gasteiger partial charge in [-0.05, 0) is 229 Å². The Balaban J connectivity index is 0.000000197. The molecule has 7 N–H and O–H groups in total. The van der Waals surface area contributed by atoms with E-state index in [0.29, 0.717) is 19.0 Å². The second kappa shape index (κ2) is 52.2. The summed E-state index contributed by atoms with van der Waals surface area (Å²) in [5.41, 5.74) is 14.5. The van der Waals surface area contributed by atoms with E-state index in [1.807, 2.05) is 225 Å². The first-order valence-electron chi connectivity index (χ1n) is 43.0. The first kappa shape index (κ1) is 111. The van der Waals surface area contributed by atoms with Crippen LogP contribution < -0.4 is 25.0 Å². The Bertz CT molecular complexity index is 6310. The minimum Gasteiger partial charge on any atom is -0.508 e. The average molecular weight is 2000 g/mol. The third-order valence-corrected chi connectivity index (χ3v) is 31.3. The quantitative estimate of drug-likeness (QED) is 0.0138. The summed E-state index contributed by atoms with van der Waals surface area (Å²) in [5.74, 6) is 3.22. The number of allylic oxidation sites excluding steroid dienone is 6. The zero-order valence-corrected chi connectivity index (χ0v) is 85.5. The molecule has 0 radical (unpaired) electrons. The molecular formula is C99H123N9O21S6Si. The number of fused-ring (bicyclic) bond motifs is 3. The number of rotatable bonds is 30. The van der Waals surface area contributed by atoms with Gasteiger partial charge in [0.2, 0.25) is 0 Å². The van der Waals surface area contributed by atoms with Gasteiger partial charge in [0.25, 0.3) is 30.4 Å². The Hall–Kier alpha value is -10.7. The minimum absolute atomic E-state index is 0.0293. The van der Waals surface area contributed by atoms with Crippen LogP contribution >= 0.6 is 34.0 Å². The van der Waals surface area contributed by atoms with E-state index >= 15 is 0 Å². The molecule has 0 bridgehead atoms. The first-order valence-corrected chi connectivity index (χ1v) is 52.6. The van der Waals surface area contributed by atoms with Crippen LogP contribution in [-0.4, -0.2) is 220 Å². The smallest absolute Gasteiger partial charge is 0.297 e. The summed E-state index contributed by atoms with van der Waals surface area (Å²) in [5, 5.41) is 48.4. The van der Waals surface area contributed by atoms with Crippen LogP contribution in [0.3, 0.4) is 0 Å². The number of aromatic nitrogens is 6. The third-order valence-electron chi connectivity index (χ3n) is 20.0. The molecule has 0 saturated carbocycles. The fourth-order valence-corrected chi connectivity index (χ4v) is 17.9. The molecule has 12 aromatic rings. The standard InChI is InChI=1S/C19H19N3OS.C18H17N3OS.C17H15N3OS.C16H28O5SSi.C13H18O5S.C10H14O5S.C6H12O3/c1-22(2)18-11-8-14(13-20-18)6-4-5-7-19-21-16-10-9-15(23-3)12-17(16)24-19;1-21(2)17-10-7-13(12-19-17)5-3-4-6-18-20-15-9-8-14(22)11-16(15)23-18;1-21-13-7-8-14-15(10-13)22-17(20-14)5-3-2-4-12-6-9-16(18)19-11-12;1-13-7-9-15(10-8-13)22(18,19)20-11-14(17)12-21-23(5,6)16(2,3)4;1-10-4-6-12(7-5-10)19(14,15)17-9-11-8-16-13(2,3)18-11;1-8-2-4-10(5-3-8)16(13,14)15-7-9(12)6-11;1-6(2)8-4-5(3-7)9-6/h4-13H,1-3H3;3-12,22H,1-2H3;2-11H,1H3,(H2,18,19);7-10,14,17H,11-12H2,1-6H3;4-7,11H,8-9H2,1-3H3;2-5,9,11-12H,6-7H2,1H3;5,7H,3-4H2,1-2H3/b6-4+,7-5+;5-3+,6-4+;4-2+,5-3+;;;;. The molecule has 2 fully saturated rings. The Kier molecular flexibility index (Phi) is 42.4. The number of aromatic hydroxyl groups is 1. The van der Waals surface area contributed by atoms with E-state index in [-0.39, 0.29) is 64.1 Å². The second-order valence-electron chi connectivity index (χ2n) is 33.6. The number of nitrogen functional groups attached to an aromatic ring is 1. The van der Waals surface area contributed by atoms with E-state index in [9.17, 15) is 35.5 Å². The molecule has 2 aliphatic heterocycles. The second-order valence-corrected chi connectivity index (χ2v) is 46.5. The Morgan fingerprint density at radius 2 is 0.846 bits per heavy atom. The number of hydrogen-bond donors (Lipinski definition) is 6. The maximum atomic E-state index is 12.0. The number of hydrogen-bond acceptors (Lipinski definition) is 33. The average Bonchev–Trinajstić information content (AvgIpc) is 1.69. The van der Waals surface area contributed by atoms with Crippen LogP contribution in [-0.2, 0) is 66.3 Å². The summed E-state index contributed by atoms with van der Waals surface area (Å²) in [4.78, 5) is 30.7. The summed E-state index contributed by atoms with van der Waals surface area (Å²) >= 11 is 4.84. The van der Waals surface area contributed by atoms with Gasteiger partial charge in [-0.15, -0.1) is 34.0 Å². The molecule has 0 spiro atoms. The SMILES string of the molecule is CC1(C)OCC(CO)O1.CN(C)c1ccc(/C=C/C=C/c2nc3ccc(O)cc3s2)cn1.COc1ccc2nc(/C=C/C=C/c3ccc(N(C)C)nc3)sc2c1.COc1ccc2nc(/C=C/C=C/c3ccc(N)nc3)sc2c1.Cc1ccc(S(=O)(=O)OCC(O)CO)cc1.Cc1ccc(S(=O)(=O)OCC(O)CO[Si](C)(C)C(C)(C)C)cc1.Cc1ccc(S(=O)(=O)OCC2COC(C)(C)O2)cc1. The van der Waals surface area contributed by atoms with E-state index in [2.05, 4.69) is 74.0 Å². The molecule has 2 aliphatic rings. The highest BCUT2D eigenvalue weighted by Crippen LogP contribution is 2.37. The monoisotopic (exact) mass is 1990 g/mol. The van der Waals surface area contributed by atoms with E-state index in [1.165, 1.54) is 36.4 Å². The lowest BCUT2D eigenvalue weighted by Crippen LogP contribution is -2.43. The Morgan fingerprint density at radius 1 is 0.485 bits per heavy atom.